The van der Waals surface area contributed by atoms with E-state index in [2.05, 4.69) is 20.6 Å². The molecule has 160 valence electrons. The zero-order valence-electron chi connectivity index (χ0n) is 17.2. The van der Waals surface area contributed by atoms with Gasteiger partial charge in [-0.3, -0.25) is 9.59 Å². The highest BCUT2D eigenvalue weighted by molar-refractivity contribution is 6.04. The molecule has 0 aliphatic heterocycles. The second-order valence-corrected chi connectivity index (χ2v) is 7.86. The molecule has 2 heterocycles. The summed E-state index contributed by atoms with van der Waals surface area (Å²) in [5.41, 5.74) is 5.22. The van der Waals surface area contributed by atoms with Crippen LogP contribution in [0.4, 0.5) is 21.5 Å². The minimum Gasteiger partial charge on any atom is -0.355 e. The average molecular weight is 428 g/mol. The zero-order chi connectivity index (χ0) is 22.1. The molecule has 6 nitrogen and oxygen atoms in total. The molecule has 1 aliphatic rings. The molecule has 0 saturated heterocycles. The maximum atomic E-state index is 13.1. The maximum absolute atomic E-state index is 13.1. The van der Waals surface area contributed by atoms with E-state index in [1.807, 2.05) is 18.2 Å². The van der Waals surface area contributed by atoms with E-state index < -0.39 is 0 Å². The van der Waals surface area contributed by atoms with Crippen molar-refractivity contribution in [2.45, 2.75) is 25.7 Å². The monoisotopic (exact) mass is 428 g/mol. The molecule has 0 bridgehead atoms. The molecule has 0 spiro atoms. The van der Waals surface area contributed by atoms with E-state index in [0.717, 1.165) is 53.6 Å². The summed E-state index contributed by atoms with van der Waals surface area (Å²) in [6.45, 7) is 0. The van der Waals surface area contributed by atoms with Gasteiger partial charge in [0.1, 0.15) is 11.5 Å². The van der Waals surface area contributed by atoms with Gasteiger partial charge in [0.15, 0.2) is 0 Å². The molecule has 4 aromatic rings. The first-order valence-electron chi connectivity index (χ1n) is 10.6. The quantitative estimate of drug-likeness (QED) is 0.430. The van der Waals surface area contributed by atoms with Crippen LogP contribution in [0.15, 0.2) is 65.6 Å². The Bertz CT molecular complexity index is 1360. The number of carbonyl (C=O) groups excluding carboxylic acids is 1. The van der Waals surface area contributed by atoms with Crippen LogP contribution >= 0.6 is 0 Å². The number of halogens is 1. The fraction of sp³-hybridized carbons (Fsp3) is 0.160. The maximum Gasteiger partial charge on any atom is 0.255 e. The normalized spacial score (nSPS) is 12.9. The minimum absolute atomic E-state index is 0.0434. The summed E-state index contributed by atoms with van der Waals surface area (Å²) in [5, 5.41) is 7.18. The largest absolute Gasteiger partial charge is 0.355 e. The predicted octanol–water partition coefficient (Wildman–Crippen LogP) is 4.94. The molecule has 2 aromatic carbocycles. The van der Waals surface area contributed by atoms with Crippen molar-refractivity contribution in [2.24, 2.45) is 0 Å². The molecule has 0 saturated carbocycles. The van der Waals surface area contributed by atoms with Gasteiger partial charge in [0, 0.05) is 34.1 Å². The van der Waals surface area contributed by atoms with E-state index in [-0.39, 0.29) is 17.3 Å². The van der Waals surface area contributed by atoms with Crippen molar-refractivity contribution in [1.29, 1.82) is 0 Å². The number of rotatable bonds is 4. The minimum atomic E-state index is -0.383. The molecule has 1 aliphatic carbocycles. The van der Waals surface area contributed by atoms with Crippen LogP contribution in [0.1, 0.15) is 34.3 Å². The first-order valence-corrected chi connectivity index (χ1v) is 10.6. The van der Waals surface area contributed by atoms with Crippen LogP contribution in [-0.2, 0) is 12.8 Å². The van der Waals surface area contributed by atoms with Crippen LogP contribution in [0.2, 0.25) is 0 Å². The third-order valence-corrected chi connectivity index (χ3v) is 5.75. The van der Waals surface area contributed by atoms with Gasteiger partial charge in [-0.05, 0) is 85.8 Å². The third-order valence-electron chi connectivity index (χ3n) is 5.75. The van der Waals surface area contributed by atoms with Gasteiger partial charge in [0.25, 0.3) is 11.5 Å². The number of pyridine rings is 2. The standard InChI is InChI=1S/C25H21FN4O2/c26-16-7-5-15(6-8-16)24(31)29-18-11-9-17(10-12-18)28-21-13-14-27-23-22(21)19-3-1-2-4-20(19)25(32)30-23/h5-14H,1-4H2,(H,29,31)(H2,27,28,30,32). The number of nitrogens with zero attached hydrogens (tertiary/aromatic N) is 1. The number of benzene rings is 2. The first kappa shape index (κ1) is 19.9. The van der Waals surface area contributed by atoms with Gasteiger partial charge in [-0.15, -0.1) is 0 Å². The number of carbonyl (C=O) groups is 1. The molecule has 0 atom stereocenters. The zero-order valence-corrected chi connectivity index (χ0v) is 17.2. The second kappa shape index (κ2) is 8.26. The van der Waals surface area contributed by atoms with Gasteiger partial charge in [-0.25, -0.2) is 9.37 Å². The van der Waals surface area contributed by atoms with E-state index in [9.17, 15) is 14.0 Å². The number of hydrogen-bond acceptors (Lipinski definition) is 4. The molecule has 0 radical (unpaired) electrons. The third kappa shape index (κ3) is 3.85. The van der Waals surface area contributed by atoms with Crippen LogP contribution in [0.25, 0.3) is 11.0 Å². The molecule has 2 aromatic heterocycles. The summed E-state index contributed by atoms with van der Waals surface area (Å²) in [6.07, 6.45) is 5.41. The first-order chi connectivity index (χ1) is 15.6. The Hall–Kier alpha value is -4.00. The summed E-state index contributed by atoms with van der Waals surface area (Å²) in [4.78, 5) is 32.0. The Labute approximate surface area is 183 Å². The highest BCUT2D eigenvalue weighted by Crippen LogP contribution is 2.31. The van der Waals surface area contributed by atoms with Crippen LogP contribution in [0, 0.1) is 5.82 Å². The molecule has 32 heavy (non-hydrogen) atoms. The highest BCUT2D eigenvalue weighted by atomic mass is 19.1. The van der Waals surface area contributed by atoms with Gasteiger partial charge < -0.3 is 15.6 Å². The molecular weight excluding hydrogens is 407 g/mol. The smallest absolute Gasteiger partial charge is 0.255 e. The molecule has 1 amide bonds. The van der Waals surface area contributed by atoms with E-state index in [1.165, 1.54) is 24.3 Å². The van der Waals surface area contributed by atoms with Crippen molar-refractivity contribution >= 4 is 34.0 Å². The SMILES string of the molecule is O=C(Nc1ccc(Nc2ccnc3[nH]c(=O)c4c(c23)CCCC4)cc1)c1ccc(F)cc1. The lowest BCUT2D eigenvalue weighted by Crippen LogP contribution is -2.20. The van der Waals surface area contributed by atoms with Crippen LogP contribution in [0.3, 0.4) is 0 Å². The Kier molecular flexibility index (Phi) is 5.15. The number of fused-ring (bicyclic) bond motifs is 3. The predicted molar refractivity (Wildman–Crippen MR) is 123 cm³/mol. The molecule has 0 fully saturated rings. The highest BCUT2D eigenvalue weighted by Gasteiger charge is 2.19. The van der Waals surface area contributed by atoms with Crippen molar-refractivity contribution in [1.82, 2.24) is 9.97 Å². The van der Waals surface area contributed by atoms with Crippen LogP contribution in [0.5, 0.6) is 0 Å². The van der Waals surface area contributed by atoms with Gasteiger partial charge in [-0.2, -0.15) is 0 Å². The molecule has 5 rings (SSSR count). The lowest BCUT2D eigenvalue weighted by atomic mass is 9.90. The number of aryl methyl sites for hydroxylation is 1. The van der Waals surface area contributed by atoms with Crippen LogP contribution < -0.4 is 16.2 Å². The van der Waals surface area contributed by atoms with E-state index in [0.29, 0.717) is 16.9 Å². The second-order valence-electron chi connectivity index (χ2n) is 7.86. The van der Waals surface area contributed by atoms with E-state index in [4.69, 9.17) is 0 Å². The number of aromatic amines is 1. The van der Waals surface area contributed by atoms with E-state index in [1.54, 1.807) is 18.3 Å². The number of amides is 1. The Morgan fingerprint density at radius 3 is 2.34 bits per heavy atom. The molecular formula is C25H21FN4O2. The summed E-state index contributed by atoms with van der Waals surface area (Å²) < 4.78 is 13.1. The molecule has 7 heteroatoms. The number of hydrogen-bond donors (Lipinski definition) is 3. The Morgan fingerprint density at radius 2 is 1.59 bits per heavy atom. The molecule has 3 N–H and O–H groups in total. The summed E-state index contributed by atoms with van der Waals surface area (Å²) >= 11 is 0. The topological polar surface area (TPSA) is 86.9 Å². The van der Waals surface area contributed by atoms with Gasteiger partial charge in [0.2, 0.25) is 0 Å². The van der Waals surface area contributed by atoms with Gasteiger partial charge >= 0.3 is 0 Å². The lowest BCUT2D eigenvalue weighted by molar-refractivity contribution is 0.102. The number of H-pyrrole nitrogens is 1. The number of anilines is 3. The van der Waals surface area contributed by atoms with Crippen molar-refractivity contribution in [3.63, 3.8) is 0 Å². The van der Waals surface area contributed by atoms with Gasteiger partial charge in [0.05, 0.1) is 5.69 Å². The lowest BCUT2D eigenvalue weighted by Gasteiger charge is -2.19. The Morgan fingerprint density at radius 1 is 0.906 bits per heavy atom. The van der Waals surface area contributed by atoms with Gasteiger partial charge in [-0.1, -0.05) is 0 Å². The van der Waals surface area contributed by atoms with Crippen molar-refractivity contribution in [3.05, 3.63) is 93.7 Å². The van der Waals surface area contributed by atoms with E-state index >= 15 is 0 Å². The fourth-order valence-corrected chi connectivity index (χ4v) is 4.18. The van der Waals surface area contributed by atoms with Crippen molar-refractivity contribution in [3.8, 4) is 0 Å². The average Bonchev–Trinajstić information content (AvgIpc) is 2.81. The number of nitrogens with one attached hydrogen (secondary N) is 3. The fourth-order valence-electron chi connectivity index (χ4n) is 4.18. The molecule has 0 unspecified atom stereocenters. The summed E-state index contributed by atoms with van der Waals surface area (Å²) in [5.74, 6) is -0.688. The van der Waals surface area contributed by atoms with Crippen molar-refractivity contribution in [2.75, 3.05) is 10.6 Å². The number of aromatic nitrogens is 2. The Balaban J connectivity index is 1.39. The summed E-state index contributed by atoms with van der Waals surface area (Å²) in [7, 11) is 0. The van der Waals surface area contributed by atoms with Crippen molar-refractivity contribution < 1.29 is 9.18 Å². The summed E-state index contributed by atoms with van der Waals surface area (Å²) in [6, 6.07) is 14.6. The van der Waals surface area contributed by atoms with Crippen LogP contribution in [-0.4, -0.2) is 15.9 Å².